The van der Waals surface area contributed by atoms with Gasteiger partial charge in [-0.1, -0.05) is 6.07 Å². The third-order valence-electron chi connectivity index (χ3n) is 5.51. The van der Waals surface area contributed by atoms with Gasteiger partial charge in [0.25, 0.3) is 0 Å². The van der Waals surface area contributed by atoms with Crippen molar-refractivity contribution < 1.29 is 14.4 Å². The molecule has 1 fully saturated rings. The second-order valence-electron chi connectivity index (χ2n) is 7.90. The number of morpholine rings is 1. The number of quaternary nitrogens is 1. The van der Waals surface area contributed by atoms with Crippen LogP contribution >= 0.6 is 0 Å². The van der Waals surface area contributed by atoms with Crippen molar-refractivity contribution in [3.63, 3.8) is 0 Å². The third-order valence-corrected chi connectivity index (χ3v) is 5.51. The molecule has 2 aromatic rings. The Morgan fingerprint density at radius 1 is 1.08 bits per heavy atom. The van der Waals surface area contributed by atoms with Crippen molar-refractivity contribution in [1.29, 1.82) is 0 Å². The van der Waals surface area contributed by atoms with E-state index in [1.54, 1.807) is 0 Å². The van der Waals surface area contributed by atoms with Crippen molar-refractivity contribution in [2.75, 3.05) is 19.6 Å². The van der Waals surface area contributed by atoms with Crippen molar-refractivity contribution in [3.8, 4) is 5.69 Å². The molecule has 0 radical (unpaired) electrons. The van der Waals surface area contributed by atoms with Crippen LogP contribution in [0.4, 0.5) is 0 Å². The standard InChI is InChI=1S/C22H30N2O2/c1-14-7-8-20(9-15(14)2)24-16(3)10-21(19(24)6)22(25)13-23-11-17(4)26-18(5)12-23/h7-10,17-18H,11-13H2,1-6H3/p+1/t17-,18+. The molecule has 0 spiro atoms. The van der Waals surface area contributed by atoms with Crippen LogP contribution in [-0.2, 0) is 4.74 Å². The summed E-state index contributed by atoms with van der Waals surface area (Å²) in [4.78, 5) is 14.3. The Kier molecular flexibility index (Phi) is 5.35. The maximum atomic E-state index is 13.0. The number of hydrogen-bond donors (Lipinski definition) is 1. The SMILES string of the molecule is Cc1ccc(-n2c(C)cc(C(=O)C[NH+]3C[C@@H](C)O[C@@H](C)C3)c2C)cc1C. The lowest BCUT2D eigenvalue weighted by molar-refractivity contribution is -0.906. The molecule has 0 bridgehead atoms. The highest BCUT2D eigenvalue weighted by Gasteiger charge is 2.28. The molecular weight excluding hydrogens is 324 g/mol. The molecule has 3 atom stereocenters. The molecule has 2 heterocycles. The van der Waals surface area contributed by atoms with Crippen LogP contribution in [-0.4, -0.2) is 42.2 Å². The van der Waals surface area contributed by atoms with Gasteiger partial charge in [-0.2, -0.15) is 0 Å². The molecule has 0 saturated carbocycles. The molecule has 4 heteroatoms. The summed E-state index contributed by atoms with van der Waals surface area (Å²) in [6, 6.07) is 8.51. The lowest BCUT2D eigenvalue weighted by atomic mass is 10.1. The zero-order chi connectivity index (χ0) is 19.0. The lowest BCUT2D eigenvalue weighted by Gasteiger charge is -2.31. The summed E-state index contributed by atoms with van der Waals surface area (Å²) in [6.45, 7) is 14.9. The Morgan fingerprint density at radius 2 is 1.73 bits per heavy atom. The fraction of sp³-hybridized carbons (Fsp3) is 0.500. The van der Waals surface area contributed by atoms with Gasteiger partial charge >= 0.3 is 0 Å². The quantitative estimate of drug-likeness (QED) is 0.856. The first kappa shape index (κ1) is 18.9. The number of nitrogens with one attached hydrogen (secondary N) is 1. The van der Waals surface area contributed by atoms with Crippen molar-refractivity contribution in [1.82, 2.24) is 4.57 Å². The minimum Gasteiger partial charge on any atom is -0.364 e. The second-order valence-corrected chi connectivity index (χ2v) is 7.90. The van der Waals surface area contributed by atoms with Gasteiger partial charge in [-0.3, -0.25) is 4.79 Å². The van der Waals surface area contributed by atoms with Crippen LogP contribution in [0.3, 0.4) is 0 Å². The second kappa shape index (κ2) is 7.37. The maximum absolute atomic E-state index is 13.0. The lowest BCUT2D eigenvalue weighted by Crippen LogP contribution is -3.16. The fourth-order valence-corrected chi connectivity index (χ4v) is 4.16. The molecule has 1 saturated heterocycles. The van der Waals surface area contributed by atoms with E-state index in [1.165, 1.54) is 16.0 Å². The molecule has 4 nitrogen and oxygen atoms in total. The zero-order valence-electron chi connectivity index (χ0n) is 16.8. The van der Waals surface area contributed by atoms with Crippen LogP contribution in [0, 0.1) is 27.7 Å². The van der Waals surface area contributed by atoms with E-state index in [4.69, 9.17) is 4.74 Å². The molecule has 3 rings (SSSR count). The van der Waals surface area contributed by atoms with E-state index in [9.17, 15) is 4.79 Å². The largest absolute Gasteiger partial charge is 0.364 e. The topological polar surface area (TPSA) is 35.7 Å². The molecule has 1 N–H and O–H groups in total. The summed E-state index contributed by atoms with van der Waals surface area (Å²) in [5, 5.41) is 0. The molecule has 0 amide bonds. The van der Waals surface area contributed by atoms with Gasteiger partial charge in [0.05, 0.1) is 0 Å². The van der Waals surface area contributed by atoms with Gasteiger partial charge in [0.2, 0.25) is 5.78 Å². The first-order valence-corrected chi connectivity index (χ1v) is 9.55. The van der Waals surface area contributed by atoms with Gasteiger partial charge in [-0.05, 0) is 70.9 Å². The number of aromatic nitrogens is 1. The van der Waals surface area contributed by atoms with Gasteiger partial charge in [0.15, 0.2) is 0 Å². The smallest absolute Gasteiger partial charge is 0.218 e. The number of nitrogens with zero attached hydrogens (tertiary/aromatic N) is 1. The summed E-state index contributed by atoms with van der Waals surface area (Å²) in [5.41, 5.74) is 6.66. The Balaban J connectivity index is 1.85. The number of benzene rings is 1. The maximum Gasteiger partial charge on any atom is 0.218 e. The number of Topliss-reactive ketones (excluding diaryl/α,β-unsaturated/α-hetero) is 1. The summed E-state index contributed by atoms with van der Waals surface area (Å²) >= 11 is 0. The van der Waals surface area contributed by atoms with Gasteiger partial charge in [-0.15, -0.1) is 0 Å². The fourth-order valence-electron chi connectivity index (χ4n) is 4.16. The first-order valence-electron chi connectivity index (χ1n) is 9.55. The Morgan fingerprint density at radius 3 is 2.35 bits per heavy atom. The van der Waals surface area contributed by atoms with Crippen LogP contribution in [0.1, 0.15) is 46.7 Å². The van der Waals surface area contributed by atoms with Crippen LogP contribution in [0.25, 0.3) is 5.69 Å². The Labute approximate surface area is 156 Å². The summed E-state index contributed by atoms with van der Waals surface area (Å²) in [7, 11) is 0. The van der Waals surface area contributed by atoms with E-state index in [2.05, 4.69) is 64.3 Å². The van der Waals surface area contributed by atoms with Crippen molar-refractivity contribution in [2.45, 2.75) is 53.8 Å². The van der Waals surface area contributed by atoms with Crippen molar-refractivity contribution >= 4 is 5.78 Å². The molecule has 0 aliphatic carbocycles. The molecule has 1 unspecified atom stereocenters. The van der Waals surface area contributed by atoms with E-state index in [0.29, 0.717) is 6.54 Å². The van der Waals surface area contributed by atoms with Crippen molar-refractivity contribution in [3.05, 3.63) is 52.3 Å². The first-order chi connectivity index (χ1) is 12.3. The minimum absolute atomic E-state index is 0.213. The summed E-state index contributed by atoms with van der Waals surface area (Å²) in [6.07, 6.45) is 0.425. The molecule has 1 aromatic carbocycles. The van der Waals surface area contributed by atoms with Crippen LogP contribution in [0.2, 0.25) is 0 Å². The average Bonchev–Trinajstić information content (AvgIpc) is 2.84. The van der Waals surface area contributed by atoms with E-state index in [-0.39, 0.29) is 18.0 Å². The highest BCUT2D eigenvalue weighted by molar-refractivity contribution is 5.98. The Bertz CT molecular complexity index is 812. The van der Waals surface area contributed by atoms with E-state index in [1.807, 2.05) is 6.07 Å². The Hall–Kier alpha value is -1.91. The molecule has 1 aliphatic rings. The predicted octanol–water partition coefficient (Wildman–Crippen LogP) is 2.59. The zero-order valence-corrected chi connectivity index (χ0v) is 16.8. The number of aryl methyl sites for hydroxylation is 3. The molecule has 26 heavy (non-hydrogen) atoms. The highest BCUT2D eigenvalue weighted by atomic mass is 16.5. The van der Waals surface area contributed by atoms with Gasteiger partial charge in [-0.25, -0.2) is 0 Å². The number of ether oxygens (including phenoxy) is 1. The van der Waals surface area contributed by atoms with Gasteiger partial charge in [0, 0.05) is 22.6 Å². The highest BCUT2D eigenvalue weighted by Crippen LogP contribution is 2.23. The average molecular weight is 356 g/mol. The van der Waals surface area contributed by atoms with Gasteiger partial charge in [0.1, 0.15) is 31.8 Å². The van der Waals surface area contributed by atoms with E-state index in [0.717, 1.165) is 35.7 Å². The van der Waals surface area contributed by atoms with E-state index >= 15 is 0 Å². The van der Waals surface area contributed by atoms with Crippen LogP contribution in [0.5, 0.6) is 0 Å². The number of ketones is 1. The van der Waals surface area contributed by atoms with Crippen LogP contribution in [0.15, 0.2) is 24.3 Å². The molecular formula is C22H31N2O2+. The number of rotatable bonds is 4. The third kappa shape index (κ3) is 3.76. The predicted molar refractivity (Wildman–Crippen MR) is 105 cm³/mol. The van der Waals surface area contributed by atoms with Crippen molar-refractivity contribution in [2.24, 2.45) is 0 Å². The normalized spacial score (nSPS) is 23.2. The van der Waals surface area contributed by atoms with Gasteiger partial charge < -0.3 is 14.2 Å². The minimum atomic E-state index is 0.213. The van der Waals surface area contributed by atoms with Crippen LogP contribution < -0.4 is 4.90 Å². The number of hydrogen-bond acceptors (Lipinski definition) is 2. The molecule has 1 aromatic heterocycles. The monoisotopic (exact) mass is 355 g/mol. The summed E-state index contributed by atoms with van der Waals surface area (Å²) in [5.74, 6) is 0.226. The number of carbonyl (C=O) groups excluding carboxylic acids is 1. The van der Waals surface area contributed by atoms with E-state index < -0.39 is 0 Å². The number of carbonyl (C=O) groups is 1. The summed E-state index contributed by atoms with van der Waals surface area (Å²) < 4.78 is 7.99. The molecule has 140 valence electrons. The molecule has 1 aliphatic heterocycles.